The van der Waals surface area contributed by atoms with E-state index in [1.165, 1.54) is 83.5 Å². The Kier molecular flexibility index (Phi) is 33.1. The summed E-state index contributed by atoms with van der Waals surface area (Å²) >= 11 is 0. The zero-order chi connectivity index (χ0) is 46.1. The Morgan fingerprint density at radius 2 is 1.05 bits per heavy atom. The van der Waals surface area contributed by atoms with Crippen LogP contribution in [0.1, 0.15) is 174 Å². The topological polar surface area (TPSA) is 228 Å². The molecule has 0 bridgehead atoms. The molecule has 2 fully saturated rings. The average molecular weight is 900 g/mol. The van der Waals surface area contributed by atoms with Crippen LogP contribution < -0.4 is 5.32 Å². The van der Waals surface area contributed by atoms with Crippen LogP contribution in [0, 0.1) is 0 Å². The van der Waals surface area contributed by atoms with Crippen molar-refractivity contribution < 1.29 is 64.6 Å². The Hall–Kier alpha value is -1.79. The minimum Gasteiger partial charge on any atom is -0.394 e. The Bertz CT molecular complexity index is 1200. The van der Waals surface area contributed by atoms with Gasteiger partial charge in [-0.25, -0.2) is 0 Å². The molecular weight excluding hydrogens is 811 g/mol. The number of rotatable bonds is 37. The number of amides is 1. The van der Waals surface area contributed by atoms with Crippen molar-refractivity contribution in [2.24, 2.45) is 0 Å². The van der Waals surface area contributed by atoms with E-state index in [0.29, 0.717) is 6.42 Å². The van der Waals surface area contributed by atoms with E-state index in [1.54, 1.807) is 6.08 Å². The fourth-order valence-corrected chi connectivity index (χ4v) is 7.97. The molecule has 0 spiro atoms. The lowest BCUT2D eigenvalue weighted by molar-refractivity contribution is -0.359. The summed E-state index contributed by atoms with van der Waals surface area (Å²) in [4.78, 5) is 13.1. The lowest BCUT2D eigenvalue weighted by Crippen LogP contribution is -2.65. The molecular formula is C49H89NO13. The maximum absolute atomic E-state index is 13.1. The van der Waals surface area contributed by atoms with Gasteiger partial charge >= 0.3 is 0 Å². The monoisotopic (exact) mass is 900 g/mol. The Morgan fingerprint density at radius 1 is 0.571 bits per heavy atom. The first-order valence-corrected chi connectivity index (χ1v) is 24.7. The summed E-state index contributed by atoms with van der Waals surface area (Å²) in [5, 5.41) is 86.6. The maximum Gasteiger partial charge on any atom is 0.220 e. The van der Waals surface area contributed by atoms with Gasteiger partial charge < -0.3 is 65.1 Å². The Morgan fingerprint density at radius 3 is 1.62 bits per heavy atom. The van der Waals surface area contributed by atoms with Gasteiger partial charge in [0, 0.05) is 6.42 Å². The third-order valence-corrected chi connectivity index (χ3v) is 12.1. The minimum absolute atomic E-state index is 0.255. The first-order valence-electron chi connectivity index (χ1n) is 24.7. The van der Waals surface area contributed by atoms with Crippen LogP contribution in [0.5, 0.6) is 0 Å². The lowest BCUT2D eigenvalue weighted by Gasteiger charge is -2.46. The van der Waals surface area contributed by atoms with E-state index in [0.717, 1.165) is 64.2 Å². The molecule has 2 saturated heterocycles. The number of ether oxygens (including phenoxy) is 4. The predicted molar refractivity (Wildman–Crippen MR) is 244 cm³/mol. The number of hydrogen-bond acceptors (Lipinski definition) is 13. The standard InChI is InChI=1S/C49H89NO13/c1-3-5-7-9-11-13-15-17-19-21-23-25-27-29-31-33-41(54)50-37(38(53)32-30-28-26-24-22-20-18-16-14-12-10-8-6-4-2)36-60-48-46(59)44(57)47(40(35-52)62-48)63-49-45(58)43(56)42(55)39(34-51)61-49/h11,13,17,19,30,32,37-40,42-49,51-53,55-59H,3-10,12,14-16,18,20-29,31,33-36H2,1-2H3,(H,50,54)/b13-11-,19-17-,32-30+. The van der Waals surface area contributed by atoms with Crippen LogP contribution in [0.15, 0.2) is 36.5 Å². The smallest absolute Gasteiger partial charge is 0.220 e. The molecule has 0 aliphatic carbocycles. The number of allylic oxidation sites excluding steroid dienone is 5. The normalized spacial score (nSPS) is 27.8. The molecule has 2 heterocycles. The number of carbonyl (C=O) groups excluding carboxylic acids is 1. The van der Waals surface area contributed by atoms with E-state index >= 15 is 0 Å². The van der Waals surface area contributed by atoms with Crippen molar-refractivity contribution in [3.05, 3.63) is 36.5 Å². The predicted octanol–water partition coefficient (Wildman–Crippen LogP) is 5.93. The molecule has 12 atom stereocenters. The number of aliphatic hydroxyl groups excluding tert-OH is 8. The second-order valence-electron chi connectivity index (χ2n) is 17.6. The SMILES string of the molecule is CCCCC/C=C\C/C=C\CCCCCCCC(=O)NC(COC1OC(CO)C(OC2OC(CO)C(O)C(O)C2O)C(O)C1O)C(O)/C=C/CCCCCCCCCCCCCC. The molecule has 0 aromatic heterocycles. The van der Waals surface area contributed by atoms with Crippen molar-refractivity contribution in [2.75, 3.05) is 19.8 Å². The molecule has 14 nitrogen and oxygen atoms in total. The summed E-state index contributed by atoms with van der Waals surface area (Å²) in [6.07, 6.45) is 23.2. The first kappa shape index (κ1) is 57.3. The van der Waals surface area contributed by atoms with E-state index in [-0.39, 0.29) is 18.9 Å². The summed E-state index contributed by atoms with van der Waals surface area (Å²) in [5.74, 6) is -0.255. The fourth-order valence-electron chi connectivity index (χ4n) is 7.97. The van der Waals surface area contributed by atoms with Crippen LogP contribution >= 0.6 is 0 Å². The Balaban J connectivity index is 1.88. The molecule has 0 aromatic rings. The molecule has 12 unspecified atom stereocenters. The average Bonchev–Trinajstić information content (AvgIpc) is 3.28. The number of carbonyl (C=O) groups is 1. The van der Waals surface area contributed by atoms with Gasteiger partial charge in [0.25, 0.3) is 0 Å². The van der Waals surface area contributed by atoms with E-state index in [4.69, 9.17) is 18.9 Å². The molecule has 0 radical (unpaired) electrons. The van der Waals surface area contributed by atoms with Gasteiger partial charge in [0.15, 0.2) is 12.6 Å². The molecule has 9 N–H and O–H groups in total. The molecule has 2 rings (SSSR count). The molecule has 0 saturated carbocycles. The molecule has 63 heavy (non-hydrogen) atoms. The lowest BCUT2D eigenvalue weighted by atomic mass is 9.97. The number of hydrogen-bond donors (Lipinski definition) is 9. The molecule has 2 aliphatic rings. The highest BCUT2D eigenvalue weighted by Gasteiger charge is 2.51. The van der Waals surface area contributed by atoms with Gasteiger partial charge in [0.1, 0.15) is 48.8 Å². The van der Waals surface area contributed by atoms with Gasteiger partial charge in [-0.15, -0.1) is 0 Å². The van der Waals surface area contributed by atoms with Gasteiger partial charge in [-0.05, 0) is 51.4 Å². The third kappa shape index (κ3) is 24.0. The minimum atomic E-state index is -1.79. The number of unbranched alkanes of at least 4 members (excludes halogenated alkanes) is 20. The largest absolute Gasteiger partial charge is 0.394 e. The van der Waals surface area contributed by atoms with Crippen molar-refractivity contribution in [1.29, 1.82) is 0 Å². The van der Waals surface area contributed by atoms with E-state index < -0.39 is 86.8 Å². The van der Waals surface area contributed by atoms with Crippen molar-refractivity contribution >= 4 is 5.91 Å². The van der Waals surface area contributed by atoms with Crippen LogP contribution in [-0.4, -0.2) is 140 Å². The molecule has 2 aliphatic heterocycles. The highest BCUT2D eigenvalue weighted by atomic mass is 16.7. The van der Waals surface area contributed by atoms with E-state index in [2.05, 4.69) is 43.5 Å². The molecule has 14 heteroatoms. The van der Waals surface area contributed by atoms with E-state index in [1.807, 2.05) is 6.08 Å². The van der Waals surface area contributed by atoms with Gasteiger partial charge in [0.05, 0.1) is 32.0 Å². The number of aliphatic hydroxyl groups is 8. The van der Waals surface area contributed by atoms with Crippen LogP contribution in [0.25, 0.3) is 0 Å². The highest BCUT2D eigenvalue weighted by molar-refractivity contribution is 5.76. The van der Waals surface area contributed by atoms with Crippen molar-refractivity contribution in [3.63, 3.8) is 0 Å². The molecule has 1 amide bonds. The van der Waals surface area contributed by atoms with Crippen LogP contribution in [-0.2, 0) is 23.7 Å². The van der Waals surface area contributed by atoms with E-state index in [9.17, 15) is 45.6 Å². The van der Waals surface area contributed by atoms with Crippen molar-refractivity contribution in [1.82, 2.24) is 5.32 Å². The maximum atomic E-state index is 13.1. The zero-order valence-electron chi connectivity index (χ0n) is 38.8. The van der Waals surface area contributed by atoms with Crippen LogP contribution in [0.4, 0.5) is 0 Å². The summed E-state index contributed by atoms with van der Waals surface area (Å²) in [6.45, 7) is 2.73. The second-order valence-corrected chi connectivity index (χ2v) is 17.6. The first-order chi connectivity index (χ1) is 30.6. The van der Waals surface area contributed by atoms with Gasteiger partial charge in [-0.3, -0.25) is 4.79 Å². The number of nitrogens with one attached hydrogen (secondary N) is 1. The quantitative estimate of drug-likeness (QED) is 0.0261. The fraction of sp³-hybridized carbons (Fsp3) is 0.857. The van der Waals surface area contributed by atoms with Crippen LogP contribution in [0.3, 0.4) is 0 Å². The van der Waals surface area contributed by atoms with Gasteiger partial charge in [0.2, 0.25) is 5.91 Å². The zero-order valence-corrected chi connectivity index (χ0v) is 38.8. The Labute approximate surface area is 379 Å². The summed E-state index contributed by atoms with van der Waals surface area (Å²) in [7, 11) is 0. The molecule has 0 aromatic carbocycles. The van der Waals surface area contributed by atoms with Gasteiger partial charge in [-0.2, -0.15) is 0 Å². The van der Waals surface area contributed by atoms with Crippen LogP contribution in [0.2, 0.25) is 0 Å². The van der Waals surface area contributed by atoms with Crippen molar-refractivity contribution in [2.45, 2.75) is 248 Å². The second kappa shape index (κ2) is 36.3. The summed E-state index contributed by atoms with van der Waals surface area (Å²) in [5.41, 5.74) is 0. The molecule has 368 valence electrons. The summed E-state index contributed by atoms with van der Waals surface area (Å²) < 4.78 is 22.7. The van der Waals surface area contributed by atoms with Crippen molar-refractivity contribution in [3.8, 4) is 0 Å². The third-order valence-electron chi connectivity index (χ3n) is 12.1. The van der Waals surface area contributed by atoms with Gasteiger partial charge in [-0.1, -0.05) is 153 Å². The highest BCUT2D eigenvalue weighted by Crippen LogP contribution is 2.30. The summed E-state index contributed by atoms with van der Waals surface area (Å²) in [6, 6.07) is -0.919.